The lowest BCUT2D eigenvalue weighted by molar-refractivity contribution is -0.136. The van der Waals surface area contributed by atoms with Crippen molar-refractivity contribution in [2.24, 2.45) is 0 Å². The average Bonchev–Trinajstić information content (AvgIpc) is 2.92. The topological polar surface area (TPSA) is 127 Å². The van der Waals surface area contributed by atoms with E-state index in [1.807, 2.05) is 0 Å². The molecule has 1 fully saturated rings. The summed E-state index contributed by atoms with van der Waals surface area (Å²) < 4.78 is 5.45. The van der Waals surface area contributed by atoms with Gasteiger partial charge in [-0.1, -0.05) is 6.07 Å². The first-order chi connectivity index (χ1) is 13.4. The van der Waals surface area contributed by atoms with Crippen LogP contribution >= 0.6 is 0 Å². The molecule has 2 aliphatic heterocycles. The van der Waals surface area contributed by atoms with E-state index in [2.05, 4.69) is 5.32 Å². The number of carbonyl (C=O) groups excluding carboxylic acids is 6. The van der Waals surface area contributed by atoms with Gasteiger partial charge in [0.15, 0.2) is 5.78 Å². The molecule has 0 spiro atoms. The van der Waals surface area contributed by atoms with Crippen molar-refractivity contribution in [3.05, 3.63) is 29.3 Å². The minimum atomic E-state index is -1.07. The summed E-state index contributed by atoms with van der Waals surface area (Å²) in [6.07, 6.45) is 1.68. The SMILES string of the molecule is O=CCCCC(=O)COc1cccc2c1C(=O)N(C1CCC(=O)NC1=O)C2=O. The number of benzene rings is 1. The van der Waals surface area contributed by atoms with Gasteiger partial charge in [0.25, 0.3) is 11.8 Å². The fraction of sp³-hybridized carbons (Fsp3) is 0.368. The summed E-state index contributed by atoms with van der Waals surface area (Å²) in [6, 6.07) is 3.36. The molecule has 9 heteroatoms. The zero-order valence-electron chi connectivity index (χ0n) is 14.9. The first-order valence-corrected chi connectivity index (χ1v) is 8.86. The molecule has 146 valence electrons. The summed E-state index contributed by atoms with van der Waals surface area (Å²) in [4.78, 5) is 71.9. The number of nitrogens with zero attached hydrogens (tertiary/aromatic N) is 1. The molecule has 0 bridgehead atoms. The van der Waals surface area contributed by atoms with Gasteiger partial charge in [-0.2, -0.15) is 0 Å². The lowest BCUT2D eigenvalue weighted by atomic mass is 10.0. The first-order valence-electron chi connectivity index (χ1n) is 8.86. The largest absolute Gasteiger partial charge is 0.485 e. The quantitative estimate of drug-likeness (QED) is 0.389. The number of carbonyl (C=O) groups is 6. The highest BCUT2D eigenvalue weighted by Crippen LogP contribution is 2.33. The van der Waals surface area contributed by atoms with Crippen molar-refractivity contribution in [3.63, 3.8) is 0 Å². The Morgan fingerprint density at radius 1 is 1.21 bits per heavy atom. The van der Waals surface area contributed by atoms with Crippen LogP contribution in [0.1, 0.15) is 52.8 Å². The van der Waals surface area contributed by atoms with Gasteiger partial charge in [0, 0.05) is 19.3 Å². The molecule has 0 radical (unpaired) electrons. The average molecular weight is 386 g/mol. The van der Waals surface area contributed by atoms with Crippen molar-refractivity contribution in [3.8, 4) is 5.75 Å². The summed E-state index contributed by atoms with van der Waals surface area (Å²) in [7, 11) is 0. The van der Waals surface area contributed by atoms with Crippen molar-refractivity contribution >= 4 is 35.7 Å². The van der Waals surface area contributed by atoms with Crippen molar-refractivity contribution in [2.45, 2.75) is 38.1 Å². The lowest BCUT2D eigenvalue weighted by Gasteiger charge is -2.27. The number of nitrogens with one attached hydrogen (secondary N) is 1. The van der Waals surface area contributed by atoms with Gasteiger partial charge in [0.1, 0.15) is 24.7 Å². The maximum Gasteiger partial charge on any atom is 0.266 e. The smallest absolute Gasteiger partial charge is 0.266 e. The fourth-order valence-electron chi connectivity index (χ4n) is 3.22. The van der Waals surface area contributed by atoms with E-state index in [9.17, 15) is 28.8 Å². The number of Topliss-reactive ketones (excluding diaryl/α,β-unsaturated/α-hetero) is 1. The second-order valence-electron chi connectivity index (χ2n) is 6.51. The van der Waals surface area contributed by atoms with Gasteiger partial charge in [-0.25, -0.2) is 0 Å². The van der Waals surface area contributed by atoms with Crippen LogP contribution < -0.4 is 10.1 Å². The molecule has 0 saturated carbocycles. The van der Waals surface area contributed by atoms with Gasteiger partial charge in [-0.15, -0.1) is 0 Å². The van der Waals surface area contributed by atoms with Crippen LogP contribution in [-0.4, -0.2) is 53.2 Å². The molecule has 0 aromatic heterocycles. The summed E-state index contributed by atoms with van der Waals surface area (Å²) in [5, 5.41) is 2.13. The van der Waals surface area contributed by atoms with Gasteiger partial charge >= 0.3 is 0 Å². The summed E-state index contributed by atoms with van der Waals surface area (Å²) in [6.45, 7) is -0.296. The zero-order chi connectivity index (χ0) is 20.3. The second kappa shape index (κ2) is 8.12. The van der Waals surface area contributed by atoms with Crippen molar-refractivity contribution in [2.75, 3.05) is 6.61 Å². The standard InChI is InChI=1S/C19H18N2O7/c22-9-2-1-4-11(23)10-28-14-6-3-5-12-16(14)19(27)21(18(12)26)13-7-8-15(24)20-17(13)25/h3,5-6,9,13H,1-2,4,7-8,10H2,(H,20,24,25). The zero-order valence-corrected chi connectivity index (χ0v) is 14.9. The number of ketones is 1. The van der Waals surface area contributed by atoms with Crippen LogP contribution in [0.25, 0.3) is 0 Å². The van der Waals surface area contributed by atoms with Crippen LogP contribution in [-0.2, 0) is 19.2 Å². The normalized spacial score (nSPS) is 18.7. The van der Waals surface area contributed by atoms with Crippen LogP contribution in [0.3, 0.4) is 0 Å². The molecule has 1 saturated heterocycles. The van der Waals surface area contributed by atoms with Gasteiger partial charge in [-0.05, 0) is 25.0 Å². The Balaban J connectivity index is 1.76. The number of imide groups is 2. The number of piperidine rings is 1. The molecule has 1 aromatic rings. The second-order valence-corrected chi connectivity index (χ2v) is 6.51. The number of fused-ring (bicyclic) bond motifs is 1. The van der Waals surface area contributed by atoms with E-state index in [1.165, 1.54) is 18.2 Å². The third-order valence-electron chi connectivity index (χ3n) is 4.60. The number of unbranched alkanes of at least 4 members (excludes halogenated alkanes) is 1. The molecule has 0 aliphatic carbocycles. The van der Waals surface area contributed by atoms with E-state index >= 15 is 0 Å². The summed E-state index contributed by atoms with van der Waals surface area (Å²) in [5.74, 6) is -2.64. The minimum Gasteiger partial charge on any atom is -0.485 e. The van der Waals surface area contributed by atoms with Gasteiger partial charge in [0.2, 0.25) is 11.8 Å². The first kappa shape index (κ1) is 19.4. The molecule has 1 N–H and O–H groups in total. The Labute approximate surface area is 160 Å². The number of hydrogen-bond acceptors (Lipinski definition) is 7. The van der Waals surface area contributed by atoms with Gasteiger partial charge in [-0.3, -0.25) is 34.2 Å². The van der Waals surface area contributed by atoms with Gasteiger partial charge in [0.05, 0.1) is 11.1 Å². The van der Waals surface area contributed by atoms with Crippen LogP contribution in [0.4, 0.5) is 0 Å². The Hall–Kier alpha value is -3.36. The number of hydrogen-bond donors (Lipinski definition) is 1. The van der Waals surface area contributed by atoms with E-state index in [0.29, 0.717) is 6.42 Å². The number of aldehydes is 1. The number of ether oxygens (including phenoxy) is 1. The van der Waals surface area contributed by atoms with E-state index in [0.717, 1.165) is 11.2 Å². The summed E-state index contributed by atoms with van der Waals surface area (Å²) >= 11 is 0. The number of rotatable bonds is 8. The predicted molar refractivity (Wildman–Crippen MR) is 93.5 cm³/mol. The Bertz CT molecular complexity index is 877. The maximum atomic E-state index is 12.8. The third-order valence-corrected chi connectivity index (χ3v) is 4.60. The Morgan fingerprint density at radius 3 is 2.71 bits per heavy atom. The van der Waals surface area contributed by atoms with Crippen molar-refractivity contribution < 1.29 is 33.5 Å². The summed E-state index contributed by atoms with van der Waals surface area (Å²) in [5.41, 5.74) is 0.0819. The molecule has 4 amide bonds. The molecule has 3 rings (SSSR count). The molecule has 1 aromatic carbocycles. The van der Waals surface area contributed by atoms with Gasteiger partial charge < -0.3 is 9.53 Å². The Morgan fingerprint density at radius 2 is 2.00 bits per heavy atom. The Kier molecular flexibility index (Phi) is 5.62. The molecule has 2 aliphatic rings. The molecule has 2 heterocycles. The molecular formula is C19H18N2O7. The molecule has 1 atom stereocenters. The van der Waals surface area contributed by atoms with E-state index in [4.69, 9.17) is 4.74 Å². The highest BCUT2D eigenvalue weighted by Gasteiger charge is 2.46. The van der Waals surface area contributed by atoms with Crippen LogP contribution in [0, 0.1) is 0 Å². The van der Waals surface area contributed by atoms with Crippen molar-refractivity contribution in [1.29, 1.82) is 0 Å². The highest BCUT2D eigenvalue weighted by molar-refractivity contribution is 6.24. The monoisotopic (exact) mass is 386 g/mol. The van der Waals surface area contributed by atoms with Crippen LogP contribution in [0.5, 0.6) is 5.75 Å². The van der Waals surface area contributed by atoms with Crippen LogP contribution in [0.15, 0.2) is 18.2 Å². The highest BCUT2D eigenvalue weighted by atomic mass is 16.5. The van der Waals surface area contributed by atoms with E-state index in [-0.39, 0.29) is 54.9 Å². The lowest BCUT2D eigenvalue weighted by Crippen LogP contribution is -2.54. The third kappa shape index (κ3) is 3.68. The molecule has 9 nitrogen and oxygen atoms in total. The molecular weight excluding hydrogens is 368 g/mol. The van der Waals surface area contributed by atoms with E-state index < -0.39 is 29.7 Å². The minimum absolute atomic E-state index is 0.00195. The predicted octanol–water partition coefficient (Wildman–Crippen LogP) is 0.405. The fourth-order valence-corrected chi connectivity index (χ4v) is 3.22. The van der Waals surface area contributed by atoms with Crippen molar-refractivity contribution in [1.82, 2.24) is 10.2 Å². The molecule has 1 unspecified atom stereocenters. The molecule has 28 heavy (non-hydrogen) atoms. The van der Waals surface area contributed by atoms with E-state index in [1.54, 1.807) is 0 Å². The van der Waals surface area contributed by atoms with Crippen LogP contribution in [0.2, 0.25) is 0 Å². The number of amides is 4. The maximum absolute atomic E-state index is 12.8.